The monoisotopic (exact) mass is 330 g/mol. The Labute approximate surface area is 141 Å². The maximum Gasteiger partial charge on any atom is 0.129 e. The fourth-order valence-electron chi connectivity index (χ4n) is 2.94. The maximum atomic E-state index is 13.7. The Hall–Kier alpha value is -2.11. The molecule has 1 heterocycles. The van der Waals surface area contributed by atoms with Gasteiger partial charge in [0.15, 0.2) is 0 Å². The average molecular weight is 330 g/mol. The molecule has 0 saturated carbocycles. The summed E-state index contributed by atoms with van der Waals surface area (Å²) in [6.45, 7) is 5.47. The quantitative estimate of drug-likeness (QED) is 0.883. The van der Waals surface area contributed by atoms with E-state index in [0.717, 1.165) is 32.0 Å². The van der Waals surface area contributed by atoms with Crippen LogP contribution in [-0.2, 0) is 11.3 Å². The van der Waals surface area contributed by atoms with E-state index in [1.807, 2.05) is 12.1 Å². The van der Waals surface area contributed by atoms with E-state index in [4.69, 9.17) is 4.74 Å². The first-order valence-electron chi connectivity index (χ1n) is 8.27. The summed E-state index contributed by atoms with van der Waals surface area (Å²) in [4.78, 5) is 2.33. The van der Waals surface area contributed by atoms with Crippen molar-refractivity contribution in [3.8, 4) is 0 Å². The van der Waals surface area contributed by atoms with Gasteiger partial charge in [0.05, 0.1) is 19.3 Å². The smallest absolute Gasteiger partial charge is 0.129 e. The summed E-state index contributed by atoms with van der Waals surface area (Å²) in [5.74, 6) is -0.385. The number of nitrogens with one attached hydrogen (secondary N) is 1. The van der Waals surface area contributed by atoms with Gasteiger partial charge in [-0.15, -0.1) is 0 Å². The van der Waals surface area contributed by atoms with Crippen LogP contribution < -0.4 is 10.2 Å². The number of aliphatic hydroxyl groups is 1. The van der Waals surface area contributed by atoms with Crippen molar-refractivity contribution in [2.24, 2.45) is 0 Å². The lowest BCUT2D eigenvalue weighted by Gasteiger charge is -2.30. The number of nitrogens with zero attached hydrogens (tertiary/aromatic N) is 1. The number of morpholine rings is 1. The highest BCUT2D eigenvalue weighted by Crippen LogP contribution is 2.24. The summed E-state index contributed by atoms with van der Waals surface area (Å²) in [5.41, 5.74) is 3.49. The average Bonchev–Trinajstić information content (AvgIpc) is 2.62. The van der Waals surface area contributed by atoms with Gasteiger partial charge in [0, 0.05) is 36.6 Å². The standard InChI is InChI=1S/C19H23FN2O2/c1-14(23)17-12-16(6-7-18(17)20)21-13-15-4-2-3-5-19(15)22-8-10-24-11-9-22/h2-7,12,14,21,23H,8-11,13H2,1H3. The van der Waals surface area contributed by atoms with Crippen molar-refractivity contribution in [2.45, 2.75) is 19.6 Å². The predicted molar refractivity (Wildman–Crippen MR) is 93.8 cm³/mol. The molecule has 3 rings (SSSR count). The molecule has 2 aromatic carbocycles. The number of anilines is 2. The first kappa shape index (κ1) is 16.7. The van der Waals surface area contributed by atoms with Crippen LogP contribution in [0.5, 0.6) is 0 Å². The summed E-state index contributed by atoms with van der Waals surface area (Å²) >= 11 is 0. The number of aliphatic hydroxyl groups excluding tert-OH is 1. The Balaban J connectivity index is 1.74. The first-order chi connectivity index (χ1) is 11.6. The molecule has 0 bridgehead atoms. The third kappa shape index (κ3) is 3.86. The van der Waals surface area contributed by atoms with Crippen LogP contribution in [0.25, 0.3) is 0 Å². The fourth-order valence-corrected chi connectivity index (χ4v) is 2.94. The lowest BCUT2D eigenvalue weighted by Crippen LogP contribution is -2.36. The molecule has 24 heavy (non-hydrogen) atoms. The second-order valence-electron chi connectivity index (χ2n) is 5.99. The van der Waals surface area contributed by atoms with Crippen LogP contribution in [0.3, 0.4) is 0 Å². The van der Waals surface area contributed by atoms with Crippen LogP contribution >= 0.6 is 0 Å². The zero-order valence-corrected chi connectivity index (χ0v) is 13.8. The third-order valence-electron chi connectivity index (χ3n) is 4.27. The van der Waals surface area contributed by atoms with Gasteiger partial charge in [0.1, 0.15) is 5.82 Å². The molecule has 0 radical (unpaired) electrons. The summed E-state index contributed by atoms with van der Waals surface area (Å²) in [6.07, 6.45) is -0.826. The van der Waals surface area contributed by atoms with Gasteiger partial charge in [0.25, 0.3) is 0 Å². The topological polar surface area (TPSA) is 44.7 Å². The normalized spacial score (nSPS) is 16.0. The van der Waals surface area contributed by atoms with Crippen molar-refractivity contribution in [3.63, 3.8) is 0 Å². The minimum atomic E-state index is -0.826. The molecule has 1 aliphatic rings. The van der Waals surface area contributed by atoms with Crippen molar-refractivity contribution >= 4 is 11.4 Å². The number of ether oxygens (including phenoxy) is 1. The highest BCUT2D eigenvalue weighted by Gasteiger charge is 2.14. The van der Waals surface area contributed by atoms with E-state index in [1.54, 1.807) is 19.1 Å². The molecule has 2 N–H and O–H groups in total. The van der Waals surface area contributed by atoms with Gasteiger partial charge >= 0.3 is 0 Å². The number of hydrogen-bond acceptors (Lipinski definition) is 4. The van der Waals surface area contributed by atoms with E-state index in [1.165, 1.54) is 17.3 Å². The van der Waals surface area contributed by atoms with Crippen LogP contribution in [0.15, 0.2) is 42.5 Å². The molecular weight excluding hydrogens is 307 g/mol. The van der Waals surface area contributed by atoms with Crippen molar-refractivity contribution in [3.05, 3.63) is 59.4 Å². The van der Waals surface area contributed by atoms with E-state index in [9.17, 15) is 9.50 Å². The van der Waals surface area contributed by atoms with E-state index in [2.05, 4.69) is 22.3 Å². The molecule has 0 aromatic heterocycles. The summed E-state index contributed by atoms with van der Waals surface area (Å²) in [7, 11) is 0. The second kappa shape index (κ2) is 7.64. The minimum Gasteiger partial charge on any atom is -0.389 e. The second-order valence-corrected chi connectivity index (χ2v) is 5.99. The van der Waals surface area contributed by atoms with Crippen LogP contribution in [-0.4, -0.2) is 31.4 Å². The molecular formula is C19H23FN2O2. The van der Waals surface area contributed by atoms with Crippen molar-refractivity contribution in [1.82, 2.24) is 0 Å². The number of rotatable bonds is 5. The van der Waals surface area contributed by atoms with Gasteiger partial charge in [-0.25, -0.2) is 4.39 Å². The SMILES string of the molecule is CC(O)c1cc(NCc2ccccc2N2CCOCC2)ccc1F. The number of hydrogen-bond donors (Lipinski definition) is 2. The number of para-hydroxylation sites is 1. The molecule has 1 fully saturated rings. The maximum absolute atomic E-state index is 13.7. The zero-order valence-electron chi connectivity index (χ0n) is 13.8. The highest BCUT2D eigenvalue weighted by molar-refractivity contribution is 5.56. The Morgan fingerprint density at radius 2 is 1.96 bits per heavy atom. The lowest BCUT2D eigenvalue weighted by molar-refractivity contribution is 0.122. The van der Waals surface area contributed by atoms with E-state index >= 15 is 0 Å². The van der Waals surface area contributed by atoms with Gasteiger partial charge < -0.3 is 20.1 Å². The fraction of sp³-hybridized carbons (Fsp3) is 0.368. The molecule has 1 aliphatic heterocycles. The van der Waals surface area contributed by atoms with E-state index < -0.39 is 6.10 Å². The Morgan fingerprint density at radius 3 is 2.71 bits per heavy atom. The summed E-state index contributed by atoms with van der Waals surface area (Å²) < 4.78 is 19.1. The van der Waals surface area contributed by atoms with Crippen molar-refractivity contribution < 1.29 is 14.2 Å². The zero-order chi connectivity index (χ0) is 16.9. The molecule has 0 aliphatic carbocycles. The first-order valence-corrected chi connectivity index (χ1v) is 8.27. The van der Waals surface area contributed by atoms with Crippen LogP contribution in [0.1, 0.15) is 24.2 Å². The molecule has 4 nitrogen and oxygen atoms in total. The van der Waals surface area contributed by atoms with Gasteiger partial charge in [-0.3, -0.25) is 0 Å². The van der Waals surface area contributed by atoms with Crippen LogP contribution in [0, 0.1) is 5.82 Å². The van der Waals surface area contributed by atoms with E-state index in [-0.39, 0.29) is 5.82 Å². The molecule has 1 saturated heterocycles. The predicted octanol–water partition coefficient (Wildman–Crippen LogP) is 3.33. The minimum absolute atomic E-state index is 0.307. The lowest BCUT2D eigenvalue weighted by atomic mass is 10.1. The van der Waals surface area contributed by atoms with E-state index in [0.29, 0.717) is 12.1 Å². The third-order valence-corrected chi connectivity index (χ3v) is 4.27. The van der Waals surface area contributed by atoms with Gasteiger partial charge in [-0.1, -0.05) is 18.2 Å². The summed E-state index contributed by atoms with van der Waals surface area (Å²) in [5, 5.41) is 13.0. The molecule has 0 spiro atoms. The van der Waals surface area contributed by atoms with Gasteiger partial charge in [0.2, 0.25) is 0 Å². The Morgan fingerprint density at radius 1 is 1.21 bits per heavy atom. The van der Waals surface area contributed by atoms with Crippen molar-refractivity contribution in [2.75, 3.05) is 36.5 Å². The van der Waals surface area contributed by atoms with Crippen LogP contribution in [0.2, 0.25) is 0 Å². The molecule has 1 atom stereocenters. The van der Waals surface area contributed by atoms with Gasteiger partial charge in [-0.2, -0.15) is 0 Å². The molecule has 128 valence electrons. The van der Waals surface area contributed by atoms with Gasteiger partial charge in [-0.05, 0) is 36.8 Å². The largest absolute Gasteiger partial charge is 0.389 e. The molecule has 5 heteroatoms. The van der Waals surface area contributed by atoms with Crippen molar-refractivity contribution in [1.29, 1.82) is 0 Å². The number of halogens is 1. The Kier molecular flexibility index (Phi) is 5.33. The molecule has 2 aromatic rings. The number of benzene rings is 2. The Bertz CT molecular complexity index is 685. The summed E-state index contributed by atoms with van der Waals surface area (Å²) in [6, 6.07) is 13.0. The molecule has 1 unspecified atom stereocenters. The van der Waals surface area contributed by atoms with Crippen LogP contribution in [0.4, 0.5) is 15.8 Å². The highest BCUT2D eigenvalue weighted by atomic mass is 19.1. The molecule has 0 amide bonds.